The third-order valence-electron chi connectivity index (χ3n) is 6.58. The fourth-order valence-electron chi connectivity index (χ4n) is 4.59. The molecule has 0 fully saturated rings. The molecular weight excluding hydrogens is 490 g/mol. The molecule has 0 aliphatic rings. The molecule has 214 valence electrons. The lowest BCUT2D eigenvalue weighted by molar-refractivity contribution is -0.143. The van der Waals surface area contributed by atoms with E-state index in [2.05, 4.69) is 17.6 Å². The molecule has 0 spiro atoms. The maximum absolute atomic E-state index is 14.3. The molecule has 0 bridgehead atoms. The van der Waals surface area contributed by atoms with Gasteiger partial charge in [-0.25, -0.2) is 4.79 Å². The highest BCUT2D eigenvalue weighted by molar-refractivity contribution is 5.92. The van der Waals surface area contributed by atoms with Gasteiger partial charge in [0.2, 0.25) is 11.8 Å². The van der Waals surface area contributed by atoms with Gasteiger partial charge < -0.3 is 20.3 Å². The summed E-state index contributed by atoms with van der Waals surface area (Å²) in [5.74, 6) is -0.764. The summed E-state index contributed by atoms with van der Waals surface area (Å²) >= 11 is 0. The van der Waals surface area contributed by atoms with Crippen molar-refractivity contribution in [3.8, 4) is 0 Å². The zero-order valence-electron chi connectivity index (χ0n) is 25.0. The Morgan fingerprint density at radius 3 is 2.08 bits per heavy atom. The Kier molecular flexibility index (Phi) is 12.0. The molecule has 2 rings (SSSR count). The Hall–Kier alpha value is -3.35. The molecule has 3 amide bonds. The number of unbranched alkanes of at least 4 members (excludes halogenated alkanes) is 2. The lowest BCUT2D eigenvalue weighted by Gasteiger charge is -2.36. The number of carbonyl (C=O) groups excluding carboxylic acids is 3. The lowest BCUT2D eigenvalue weighted by atomic mass is 9.92. The maximum Gasteiger partial charge on any atom is 0.408 e. The second-order valence-corrected chi connectivity index (χ2v) is 11.5. The summed E-state index contributed by atoms with van der Waals surface area (Å²) in [4.78, 5) is 42.6. The number of carbonyl (C=O) groups is 3. The molecule has 0 aliphatic heterocycles. The molecule has 2 aromatic rings. The number of hydrogen-bond donors (Lipinski definition) is 2. The standard InChI is InChI=1S/C32H47N3O4/c1-9-10-14-20-35(30(37)27(22(2)3)34-31(38)39-32(6,7)8)28(26-23(4)16-15-17-24(26)5)29(36)33-21-25-18-12-11-13-19-25/h11-13,15-19,22,27-28H,9-10,14,20-21H2,1-8H3,(H,33,36)(H,34,38). The minimum Gasteiger partial charge on any atom is -0.444 e. The first-order valence-corrected chi connectivity index (χ1v) is 14.0. The predicted octanol–water partition coefficient (Wildman–Crippen LogP) is 6.23. The molecule has 2 unspecified atom stereocenters. The summed E-state index contributed by atoms with van der Waals surface area (Å²) in [5.41, 5.74) is 2.95. The molecule has 39 heavy (non-hydrogen) atoms. The summed E-state index contributed by atoms with van der Waals surface area (Å²) in [6.45, 7) is 15.9. The van der Waals surface area contributed by atoms with Crippen LogP contribution in [0.5, 0.6) is 0 Å². The van der Waals surface area contributed by atoms with E-state index in [4.69, 9.17) is 4.74 Å². The highest BCUT2D eigenvalue weighted by Crippen LogP contribution is 2.30. The summed E-state index contributed by atoms with van der Waals surface area (Å²) in [6, 6.07) is 13.9. The molecule has 0 saturated heterocycles. The van der Waals surface area contributed by atoms with Crippen LogP contribution in [0.4, 0.5) is 4.79 Å². The molecule has 7 nitrogen and oxygen atoms in total. The molecular formula is C32H47N3O4. The van der Waals surface area contributed by atoms with Crippen molar-refractivity contribution < 1.29 is 19.1 Å². The van der Waals surface area contributed by atoms with Crippen molar-refractivity contribution >= 4 is 17.9 Å². The Morgan fingerprint density at radius 2 is 1.54 bits per heavy atom. The van der Waals surface area contributed by atoms with Crippen molar-refractivity contribution in [3.63, 3.8) is 0 Å². The quantitative estimate of drug-likeness (QED) is 0.314. The van der Waals surface area contributed by atoms with E-state index in [1.54, 1.807) is 25.7 Å². The Balaban J connectivity index is 2.52. The fourth-order valence-corrected chi connectivity index (χ4v) is 4.59. The maximum atomic E-state index is 14.3. The van der Waals surface area contributed by atoms with Crippen molar-refractivity contribution in [1.82, 2.24) is 15.5 Å². The molecule has 0 heterocycles. The third kappa shape index (κ3) is 9.72. The van der Waals surface area contributed by atoms with Crippen LogP contribution in [0, 0.1) is 19.8 Å². The second-order valence-electron chi connectivity index (χ2n) is 11.5. The normalized spacial score (nSPS) is 12.9. The van der Waals surface area contributed by atoms with E-state index in [0.717, 1.165) is 41.5 Å². The van der Waals surface area contributed by atoms with E-state index in [9.17, 15) is 14.4 Å². The van der Waals surface area contributed by atoms with E-state index < -0.39 is 23.8 Å². The van der Waals surface area contributed by atoms with Gasteiger partial charge in [0.05, 0.1) is 0 Å². The summed E-state index contributed by atoms with van der Waals surface area (Å²) in [7, 11) is 0. The minimum atomic E-state index is -0.852. The number of aryl methyl sites for hydroxylation is 2. The van der Waals surface area contributed by atoms with Gasteiger partial charge in [-0.2, -0.15) is 0 Å². The summed E-state index contributed by atoms with van der Waals surface area (Å²) in [5, 5.41) is 5.86. The first-order chi connectivity index (χ1) is 18.4. The van der Waals surface area contributed by atoms with E-state index in [1.165, 1.54) is 0 Å². The minimum absolute atomic E-state index is 0.218. The van der Waals surface area contributed by atoms with Crippen LogP contribution in [0.25, 0.3) is 0 Å². The van der Waals surface area contributed by atoms with Crippen LogP contribution < -0.4 is 10.6 Å². The second kappa shape index (κ2) is 14.7. The van der Waals surface area contributed by atoms with Gasteiger partial charge in [0.25, 0.3) is 0 Å². The van der Waals surface area contributed by atoms with E-state index >= 15 is 0 Å². The van der Waals surface area contributed by atoms with E-state index in [0.29, 0.717) is 13.1 Å². The third-order valence-corrected chi connectivity index (χ3v) is 6.58. The van der Waals surface area contributed by atoms with Gasteiger partial charge >= 0.3 is 6.09 Å². The summed E-state index contributed by atoms with van der Waals surface area (Å²) in [6.07, 6.45) is 1.98. The highest BCUT2D eigenvalue weighted by atomic mass is 16.6. The number of alkyl carbamates (subject to hydrolysis) is 1. The Bertz CT molecular complexity index is 1070. The van der Waals surface area contributed by atoms with Crippen LogP contribution in [0.1, 0.15) is 89.1 Å². The first-order valence-electron chi connectivity index (χ1n) is 14.0. The van der Waals surface area contributed by atoms with Crippen LogP contribution in [0.15, 0.2) is 48.5 Å². The number of rotatable bonds is 12. The van der Waals surface area contributed by atoms with Crippen molar-refractivity contribution in [2.45, 2.75) is 98.9 Å². The van der Waals surface area contributed by atoms with Gasteiger partial charge in [0, 0.05) is 13.1 Å². The van der Waals surface area contributed by atoms with E-state index in [-0.39, 0.29) is 17.7 Å². The zero-order valence-corrected chi connectivity index (χ0v) is 25.0. The van der Waals surface area contributed by atoms with Crippen LogP contribution in [0.2, 0.25) is 0 Å². The van der Waals surface area contributed by atoms with Gasteiger partial charge in [-0.3, -0.25) is 9.59 Å². The van der Waals surface area contributed by atoms with Gasteiger partial charge in [-0.1, -0.05) is 82.1 Å². The van der Waals surface area contributed by atoms with Gasteiger partial charge in [0.1, 0.15) is 17.7 Å². The number of amides is 3. The topological polar surface area (TPSA) is 87.7 Å². The number of ether oxygens (including phenoxy) is 1. The number of benzene rings is 2. The SMILES string of the molecule is CCCCCN(C(=O)C(NC(=O)OC(C)(C)C)C(C)C)C(C(=O)NCc1ccccc1)c1c(C)cccc1C. The van der Waals surface area contributed by atoms with E-state index in [1.807, 2.05) is 76.2 Å². The zero-order chi connectivity index (χ0) is 29.2. The average Bonchev–Trinajstić information content (AvgIpc) is 2.86. The monoisotopic (exact) mass is 537 g/mol. The average molecular weight is 538 g/mol. The van der Waals surface area contributed by atoms with Crippen molar-refractivity contribution in [3.05, 3.63) is 70.8 Å². The predicted molar refractivity (Wildman–Crippen MR) is 156 cm³/mol. The van der Waals surface area contributed by atoms with Crippen LogP contribution in [-0.4, -0.2) is 41.0 Å². The van der Waals surface area contributed by atoms with Crippen LogP contribution in [0.3, 0.4) is 0 Å². The Labute approximate surface area is 234 Å². The fraction of sp³-hybridized carbons (Fsp3) is 0.531. The number of hydrogen-bond acceptors (Lipinski definition) is 4. The molecule has 0 radical (unpaired) electrons. The molecule has 0 saturated carbocycles. The Morgan fingerprint density at radius 1 is 0.923 bits per heavy atom. The molecule has 2 aromatic carbocycles. The smallest absolute Gasteiger partial charge is 0.408 e. The number of nitrogens with zero attached hydrogens (tertiary/aromatic N) is 1. The van der Waals surface area contributed by atoms with Crippen molar-refractivity contribution in [2.24, 2.45) is 5.92 Å². The van der Waals surface area contributed by atoms with Crippen molar-refractivity contribution in [1.29, 1.82) is 0 Å². The van der Waals surface area contributed by atoms with Gasteiger partial charge in [-0.15, -0.1) is 0 Å². The molecule has 7 heteroatoms. The molecule has 2 atom stereocenters. The van der Waals surface area contributed by atoms with Crippen LogP contribution in [-0.2, 0) is 20.9 Å². The first kappa shape index (κ1) is 31.9. The van der Waals surface area contributed by atoms with Gasteiger partial charge in [-0.05, 0) is 69.2 Å². The highest BCUT2D eigenvalue weighted by Gasteiger charge is 2.38. The number of nitrogens with one attached hydrogen (secondary N) is 2. The van der Waals surface area contributed by atoms with Crippen molar-refractivity contribution in [2.75, 3.05) is 6.54 Å². The van der Waals surface area contributed by atoms with Gasteiger partial charge in [0.15, 0.2) is 0 Å². The summed E-state index contributed by atoms with van der Waals surface area (Å²) < 4.78 is 5.47. The molecule has 2 N–H and O–H groups in total. The largest absolute Gasteiger partial charge is 0.444 e. The molecule has 0 aliphatic carbocycles. The molecule has 0 aromatic heterocycles. The lowest BCUT2D eigenvalue weighted by Crippen LogP contribution is -2.55. The van der Waals surface area contributed by atoms with Crippen LogP contribution >= 0.6 is 0 Å².